The molecule has 1 aromatic heterocycles. The number of nitrogens with one attached hydrogen (secondary N) is 2. The average molecular weight is 302 g/mol. The topological polar surface area (TPSA) is 102 Å². The maximum Gasteiger partial charge on any atom is 0.244 e. The van der Waals surface area contributed by atoms with Gasteiger partial charge >= 0.3 is 0 Å². The van der Waals surface area contributed by atoms with Crippen LogP contribution in [0.3, 0.4) is 0 Å². The second-order valence-corrected chi connectivity index (χ2v) is 4.69. The Hall–Kier alpha value is -2.77. The summed E-state index contributed by atoms with van der Waals surface area (Å²) in [5.74, 6) is -0.131. The molecule has 0 aliphatic heterocycles. The minimum absolute atomic E-state index is 0.0937. The number of hydrogen-bond acceptors (Lipinski definition) is 5. The molecule has 0 fully saturated rings. The summed E-state index contributed by atoms with van der Waals surface area (Å²) in [6.45, 7) is 3.86. The first kappa shape index (κ1) is 15.6. The number of likely N-dealkylation sites (N-methyl/N-ethyl adjacent to an activating group) is 1. The van der Waals surface area contributed by atoms with E-state index in [1.165, 1.54) is 4.80 Å². The van der Waals surface area contributed by atoms with Gasteiger partial charge in [0.05, 0.1) is 0 Å². The predicted molar refractivity (Wildman–Crippen MR) is 79.5 cm³/mol. The quantitative estimate of drug-likeness (QED) is 0.781. The summed E-state index contributed by atoms with van der Waals surface area (Å²) in [7, 11) is 0. The first-order valence-corrected chi connectivity index (χ1v) is 7.00. The Bertz CT molecular complexity index is 640. The van der Waals surface area contributed by atoms with Crippen molar-refractivity contribution in [2.45, 2.75) is 26.4 Å². The lowest BCUT2D eigenvalue weighted by Crippen LogP contribution is -2.45. The molecule has 116 valence electrons. The van der Waals surface area contributed by atoms with Crippen molar-refractivity contribution in [3.8, 4) is 11.4 Å². The van der Waals surface area contributed by atoms with Gasteiger partial charge in [0, 0.05) is 12.1 Å². The lowest BCUT2D eigenvalue weighted by molar-refractivity contribution is -0.129. The molecular formula is C14H18N6O2. The molecule has 8 heteroatoms. The van der Waals surface area contributed by atoms with E-state index in [0.717, 1.165) is 5.56 Å². The van der Waals surface area contributed by atoms with Crippen LogP contribution < -0.4 is 10.6 Å². The summed E-state index contributed by atoms with van der Waals surface area (Å²) < 4.78 is 0. The summed E-state index contributed by atoms with van der Waals surface area (Å²) in [5.41, 5.74) is 0.824. The van der Waals surface area contributed by atoms with Crippen LogP contribution in [0, 0.1) is 0 Å². The highest BCUT2D eigenvalue weighted by Gasteiger charge is 2.16. The van der Waals surface area contributed by atoms with Crippen molar-refractivity contribution in [3.05, 3.63) is 30.3 Å². The van der Waals surface area contributed by atoms with Crippen LogP contribution in [0.4, 0.5) is 0 Å². The van der Waals surface area contributed by atoms with Gasteiger partial charge in [-0.3, -0.25) is 9.59 Å². The average Bonchev–Trinajstić information content (AvgIpc) is 2.96. The van der Waals surface area contributed by atoms with Crippen molar-refractivity contribution in [2.24, 2.45) is 0 Å². The molecule has 1 aromatic carbocycles. The fourth-order valence-electron chi connectivity index (χ4n) is 1.82. The van der Waals surface area contributed by atoms with E-state index in [1.54, 1.807) is 6.92 Å². The van der Waals surface area contributed by atoms with Gasteiger partial charge in [0.2, 0.25) is 17.6 Å². The zero-order chi connectivity index (χ0) is 15.9. The highest BCUT2D eigenvalue weighted by molar-refractivity contribution is 5.87. The Morgan fingerprint density at radius 1 is 1.27 bits per heavy atom. The Balaban J connectivity index is 1.93. The van der Waals surface area contributed by atoms with E-state index in [-0.39, 0.29) is 18.4 Å². The summed E-state index contributed by atoms with van der Waals surface area (Å²) in [6, 6.07) is 8.75. The van der Waals surface area contributed by atoms with Gasteiger partial charge in [-0.25, -0.2) is 0 Å². The summed E-state index contributed by atoms with van der Waals surface area (Å²) >= 11 is 0. The second kappa shape index (κ2) is 7.30. The first-order valence-electron chi connectivity index (χ1n) is 7.00. The largest absolute Gasteiger partial charge is 0.355 e. The normalized spacial score (nSPS) is 11.7. The molecule has 22 heavy (non-hydrogen) atoms. The molecule has 0 aliphatic carbocycles. The van der Waals surface area contributed by atoms with Crippen molar-refractivity contribution in [3.63, 3.8) is 0 Å². The molecule has 1 heterocycles. The van der Waals surface area contributed by atoms with Crippen molar-refractivity contribution < 1.29 is 9.59 Å². The smallest absolute Gasteiger partial charge is 0.244 e. The zero-order valence-corrected chi connectivity index (χ0v) is 12.5. The fraction of sp³-hybridized carbons (Fsp3) is 0.357. The summed E-state index contributed by atoms with van der Waals surface area (Å²) in [5, 5.41) is 17.1. The van der Waals surface area contributed by atoms with Crippen LogP contribution >= 0.6 is 0 Å². The van der Waals surface area contributed by atoms with Crippen LogP contribution in [-0.4, -0.2) is 44.6 Å². The third-order valence-corrected chi connectivity index (χ3v) is 2.89. The molecule has 0 spiro atoms. The van der Waals surface area contributed by atoms with E-state index in [4.69, 9.17) is 0 Å². The third kappa shape index (κ3) is 4.11. The van der Waals surface area contributed by atoms with Crippen LogP contribution in [0.2, 0.25) is 0 Å². The van der Waals surface area contributed by atoms with E-state index >= 15 is 0 Å². The van der Waals surface area contributed by atoms with Crippen molar-refractivity contribution >= 4 is 11.8 Å². The van der Waals surface area contributed by atoms with Crippen LogP contribution in [0.1, 0.15) is 13.8 Å². The molecule has 8 nitrogen and oxygen atoms in total. The zero-order valence-electron chi connectivity index (χ0n) is 12.5. The molecule has 0 radical (unpaired) electrons. The number of hydrogen-bond donors (Lipinski definition) is 2. The highest BCUT2D eigenvalue weighted by atomic mass is 16.2. The summed E-state index contributed by atoms with van der Waals surface area (Å²) in [6.07, 6.45) is 0. The van der Waals surface area contributed by atoms with E-state index in [1.807, 2.05) is 37.3 Å². The Morgan fingerprint density at radius 3 is 2.68 bits per heavy atom. The van der Waals surface area contributed by atoms with Gasteiger partial charge in [-0.15, -0.1) is 10.2 Å². The van der Waals surface area contributed by atoms with Crippen molar-refractivity contribution in [2.75, 3.05) is 6.54 Å². The van der Waals surface area contributed by atoms with Gasteiger partial charge in [-0.05, 0) is 19.1 Å². The molecule has 2 rings (SSSR count). The molecular weight excluding hydrogens is 284 g/mol. The molecule has 0 aliphatic rings. The third-order valence-electron chi connectivity index (χ3n) is 2.89. The lowest BCUT2D eigenvalue weighted by Gasteiger charge is -2.12. The molecule has 0 bridgehead atoms. The molecule has 2 aromatic rings. The van der Waals surface area contributed by atoms with E-state index < -0.39 is 6.04 Å². The minimum Gasteiger partial charge on any atom is -0.355 e. The molecule has 2 amide bonds. The van der Waals surface area contributed by atoms with Gasteiger partial charge in [0.15, 0.2) is 0 Å². The maximum atomic E-state index is 11.9. The van der Waals surface area contributed by atoms with Gasteiger partial charge in [0.25, 0.3) is 0 Å². The lowest BCUT2D eigenvalue weighted by atomic mass is 10.2. The van der Waals surface area contributed by atoms with Crippen LogP contribution in [-0.2, 0) is 16.1 Å². The Labute approximate surface area is 127 Å². The number of amides is 2. The second-order valence-electron chi connectivity index (χ2n) is 4.69. The molecule has 0 saturated carbocycles. The highest BCUT2D eigenvalue weighted by Crippen LogP contribution is 2.11. The summed E-state index contributed by atoms with van der Waals surface area (Å²) in [4.78, 5) is 24.6. The molecule has 0 saturated heterocycles. The van der Waals surface area contributed by atoms with Gasteiger partial charge in [0.1, 0.15) is 12.6 Å². The Morgan fingerprint density at radius 2 is 2.00 bits per heavy atom. The number of rotatable bonds is 6. The SMILES string of the molecule is CCNC(=O)[C@H](C)NC(=O)Cn1nnc(-c2ccccc2)n1. The Kier molecular flexibility index (Phi) is 5.18. The van der Waals surface area contributed by atoms with Crippen molar-refractivity contribution in [1.82, 2.24) is 30.8 Å². The number of tetrazole rings is 1. The number of carbonyl (C=O) groups is 2. The predicted octanol–water partition coefficient (Wildman–Crippen LogP) is -0.0191. The first-order chi connectivity index (χ1) is 10.6. The maximum absolute atomic E-state index is 11.9. The van der Waals surface area contributed by atoms with Crippen LogP contribution in [0.5, 0.6) is 0 Å². The number of benzene rings is 1. The van der Waals surface area contributed by atoms with Gasteiger partial charge in [-0.2, -0.15) is 4.80 Å². The van der Waals surface area contributed by atoms with Crippen LogP contribution in [0.15, 0.2) is 30.3 Å². The van der Waals surface area contributed by atoms with E-state index in [2.05, 4.69) is 26.0 Å². The van der Waals surface area contributed by atoms with Crippen LogP contribution in [0.25, 0.3) is 11.4 Å². The number of carbonyl (C=O) groups excluding carboxylic acids is 2. The van der Waals surface area contributed by atoms with Gasteiger partial charge in [-0.1, -0.05) is 30.3 Å². The van der Waals surface area contributed by atoms with Crippen molar-refractivity contribution in [1.29, 1.82) is 0 Å². The fourth-order valence-corrected chi connectivity index (χ4v) is 1.82. The monoisotopic (exact) mass is 302 g/mol. The van der Waals surface area contributed by atoms with E-state index in [9.17, 15) is 9.59 Å². The molecule has 2 N–H and O–H groups in total. The minimum atomic E-state index is -0.607. The van der Waals surface area contributed by atoms with E-state index in [0.29, 0.717) is 12.4 Å². The molecule has 1 atom stereocenters. The van der Waals surface area contributed by atoms with Gasteiger partial charge < -0.3 is 10.6 Å². The number of nitrogens with zero attached hydrogens (tertiary/aromatic N) is 4. The number of aromatic nitrogens is 4. The molecule has 0 unspecified atom stereocenters. The standard InChI is InChI=1S/C14H18N6O2/c1-3-15-14(22)10(2)16-12(21)9-20-18-13(17-19-20)11-7-5-4-6-8-11/h4-8,10H,3,9H2,1-2H3,(H,15,22)(H,16,21)/t10-/m0/s1.